The number of carbonyl (C=O) groups excluding carboxylic acids is 1. The first-order valence-electron chi connectivity index (χ1n) is 3.18. The maximum absolute atomic E-state index is 10.5. The van der Waals surface area contributed by atoms with Crippen LogP contribution in [0.25, 0.3) is 0 Å². The number of ether oxygens (including phenoxy) is 1. The van der Waals surface area contributed by atoms with E-state index in [0.29, 0.717) is 6.61 Å². The largest absolute Gasteiger partial charge is 0.463 e. The topological polar surface area (TPSA) is 26.3 Å². The van der Waals surface area contributed by atoms with Crippen molar-refractivity contribution >= 4 is 5.97 Å². The number of esters is 1. The van der Waals surface area contributed by atoms with E-state index >= 15 is 0 Å². The summed E-state index contributed by atoms with van der Waals surface area (Å²) >= 11 is 0. The van der Waals surface area contributed by atoms with Crippen LogP contribution in [0.3, 0.4) is 0 Å². The van der Waals surface area contributed by atoms with Crippen LogP contribution in [0.5, 0.6) is 0 Å². The Morgan fingerprint density at radius 3 is 2.90 bits per heavy atom. The standard InChI is InChI=1S/C8H11O2/c1-3-5-6-7-8(9)10-4-2/h3,5,7H,4H2,1-2H3. The van der Waals surface area contributed by atoms with Crippen LogP contribution in [0.15, 0.2) is 18.2 Å². The maximum atomic E-state index is 10.5. The highest BCUT2D eigenvalue weighted by molar-refractivity contribution is 5.81. The highest BCUT2D eigenvalue weighted by Gasteiger charge is 1.89. The van der Waals surface area contributed by atoms with Crippen LogP contribution in [-0.4, -0.2) is 12.6 Å². The monoisotopic (exact) mass is 139 g/mol. The molecule has 0 atom stereocenters. The zero-order chi connectivity index (χ0) is 7.82. The molecule has 0 N–H and O–H groups in total. The lowest BCUT2D eigenvalue weighted by molar-refractivity contribution is -0.137. The fraction of sp³-hybridized carbons (Fsp3) is 0.375. The second-order valence-electron chi connectivity index (χ2n) is 1.56. The summed E-state index contributed by atoms with van der Waals surface area (Å²) in [5.74, 6) is -0.347. The Labute approximate surface area is 61.2 Å². The Kier molecular flexibility index (Phi) is 5.44. The van der Waals surface area contributed by atoms with Gasteiger partial charge in [0.15, 0.2) is 0 Å². The fourth-order valence-corrected chi connectivity index (χ4v) is 0.396. The first kappa shape index (κ1) is 8.95. The van der Waals surface area contributed by atoms with E-state index in [0.717, 1.165) is 0 Å². The molecule has 1 radical (unpaired) electrons. The summed E-state index contributed by atoms with van der Waals surface area (Å²) in [5.41, 5.74) is 0. The van der Waals surface area contributed by atoms with Crippen molar-refractivity contribution in [2.45, 2.75) is 13.8 Å². The Morgan fingerprint density at radius 2 is 2.40 bits per heavy atom. The predicted octanol–water partition coefficient (Wildman–Crippen LogP) is 1.48. The molecule has 0 saturated heterocycles. The summed E-state index contributed by atoms with van der Waals surface area (Å²) < 4.78 is 4.60. The molecular formula is C8H11O2. The van der Waals surface area contributed by atoms with Crippen LogP contribution in [-0.2, 0) is 9.53 Å². The van der Waals surface area contributed by atoms with Crippen LogP contribution in [0, 0.1) is 6.08 Å². The number of carbonyl (C=O) groups is 1. The van der Waals surface area contributed by atoms with Gasteiger partial charge in [0.1, 0.15) is 0 Å². The lowest BCUT2D eigenvalue weighted by Crippen LogP contribution is -1.98. The molecule has 0 saturated carbocycles. The third-order valence-electron chi connectivity index (χ3n) is 0.751. The summed E-state index contributed by atoms with van der Waals surface area (Å²) in [7, 11) is 0. The molecule has 0 bridgehead atoms. The zero-order valence-electron chi connectivity index (χ0n) is 6.26. The first-order chi connectivity index (χ1) is 4.81. The molecule has 0 aromatic rings. The van der Waals surface area contributed by atoms with Crippen LogP contribution < -0.4 is 0 Å². The third-order valence-corrected chi connectivity index (χ3v) is 0.751. The molecule has 0 aliphatic carbocycles. The van der Waals surface area contributed by atoms with Gasteiger partial charge >= 0.3 is 5.97 Å². The molecule has 0 aromatic carbocycles. The van der Waals surface area contributed by atoms with E-state index in [9.17, 15) is 4.79 Å². The van der Waals surface area contributed by atoms with Gasteiger partial charge in [0.05, 0.1) is 6.61 Å². The second kappa shape index (κ2) is 6.08. The van der Waals surface area contributed by atoms with Crippen LogP contribution in [0.2, 0.25) is 0 Å². The van der Waals surface area contributed by atoms with E-state index in [4.69, 9.17) is 0 Å². The quantitative estimate of drug-likeness (QED) is 0.336. The minimum absolute atomic E-state index is 0.347. The lowest BCUT2D eigenvalue weighted by atomic mass is 10.4. The number of rotatable bonds is 3. The number of hydrogen-bond donors (Lipinski definition) is 0. The third kappa shape index (κ3) is 5.09. The van der Waals surface area contributed by atoms with Crippen molar-refractivity contribution in [3.8, 4) is 0 Å². The van der Waals surface area contributed by atoms with Gasteiger partial charge in [-0.3, -0.25) is 0 Å². The second-order valence-corrected chi connectivity index (χ2v) is 1.56. The van der Waals surface area contributed by atoms with Crippen molar-refractivity contribution in [1.29, 1.82) is 0 Å². The highest BCUT2D eigenvalue weighted by Crippen LogP contribution is 1.80. The van der Waals surface area contributed by atoms with Gasteiger partial charge in [-0.05, 0) is 19.9 Å². The average Bonchev–Trinajstić information content (AvgIpc) is 1.89. The van der Waals surface area contributed by atoms with E-state index in [1.165, 1.54) is 6.08 Å². The van der Waals surface area contributed by atoms with Crippen LogP contribution in [0.1, 0.15) is 13.8 Å². The van der Waals surface area contributed by atoms with Crippen molar-refractivity contribution in [2.75, 3.05) is 6.61 Å². The van der Waals surface area contributed by atoms with Crippen molar-refractivity contribution in [1.82, 2.24) is 0 Å². The summed E-state index contributed by atoms with van der Waals surface area (Å²) in [6.07, 6.45) is 7.34. The molecular weight excluding hydrogens is 128 g/mol. The van der Waals surface area contributed by atoms with Gasteiger partial charge in [-0.1, -0.05) is 12.2 Å². The number of hydrogen-bond acceptors (Lipinski definition) is 2. The summed E-state index contributed by atoms with van der Waals surface area (Å²) in [6, 6.07) is 0. The Bertz CT molecular complexity index is 145. The minimum Gasteiger partial charge on any atom is -0.463 e. The van der Waals surface area contributed by atoms with Gasteiger partial charge in [0.2, 0.25) is 0 Å². The maximum Gasteiger partial charge on any atom is 0.331 e. The van der Waals surface area contributed by atoms with Gasteiger partial charge in [0.25, 0.3) is 0 Å². The molecule has 0 aromatic heterocycles. The molecule has 0 amide bonds. The smallest absolute Gasteiger partial charge is 0.331 e. The van der Waals surface area contributed by atoms with E-state index in [-0.39, 0.29) is 5.97 Å². The molecule has 0 heterocycles. The van der Waals surface area contributed by atoms with E-state index in [1.54, 1.807) is 19.1 Å². The van der Waals surface area contributed by atoms with Crippen molar-refractivity contribution < 1.29 is 9.53 Å². The van der Waals surface area contributed by atoms with Crippen molar-refractivity contribution in [3.05, 3.63) is 24.3 Å². The molecule has 0 spiro atoms. The minimum atomic E-state index is -0.347. The fourth-order valence-electron chi connectivity index (χ4n) is 0.396. The van der Waals surface area contributed by atoms with Gasteiger partial charge < -0.3 is 4.74 Å². The van der Waals surface area contributed by atoms with Crippen LogP contribution in [0.4, 0.5) is 0 Å². The Hall–Kier alpha value is -1.05. The SMILES string of the molecule is CC=C/[C]=C/C(=O)OCC. The molecule has 0 fully saturated rings. The molecule has 55 valence electrons. The molecule has 0 unspecified atom stereocenters. The summed E-state index contributed by atoms with van der Waals surface area (Å²) in [5, 5.41) is 0. The Balaban J connectivity index is 3.56. The van der Waals surface area contributed by atoms with Crippen molar-refractivity contribution in [2.24, 2.45) is 0 Å². The van der Waals surface area contributed by atoms with Gasteiger partial charge in [0, 0.05) is 6.08 Å². The van der Waals surface area contributed by atoms with Crippen LogP contribution >= 0.6 is 0 Å². The first-order valence-corrected chi connectivity index (χ1v) is 3.18. The van der Waals surface area contributed by atoms with E-state index in [2.05, 4.69) is 10.8 Å². The molecule has 10 heavy (non-hydrogen) atoms. The summed E-state index contributed by atoms with van der Waals surface area (Å²) in [4.78, 5) is 10.5. The predicted molar refractivity (Wildman–Crippen MR) is 39.3 cm³/mol. The average molecular weight is 139 g/mol. The lowest BCUT2D eigenvalue weighted by Gasteiger charge is -1.91. The Morgan fingerprint density at radius 1 is 1.70 bits per heavy atom. The molecule has 0 aliphatic heterocycles. The zero-order valence-corrected chi connectivity index (χ0v) is 6.26. The van der Waals surface area contributed by atoms with Gasteiger partial charge in [-0.2, -0.15) is 0 Å². The van der Waals surface area contributed by atoms with E-state index in [1.807, 2.05) is 6.92 Å². The number of allylic oxidation sites excluding steroid dienone is 3. The van der Waals surface area contributed by atoms with Crippen molar-refractivity contribution in [3.63, 3.8) is 0 Å². The molecule has 2 nitrogen and oxygen atoms in total. The van der Waals surface area contributed by atoms with E-state index < -0.39 is 0 Å². The van der Waals surface area contributed by atoms with Gasteiger partial charge in [-0.15, -0.1) is 0 Å². The molecule has 0 rings (SSSR count). The molecule has 0 aliphatic rings. The molecule has 2 heteroatoms. The van der Waals surface area contributed by atoms with Gasteiger partial charge in [-0.25, -0.2) is 4.79 Å². The summed E-state index contributed by atoms with van der Waals surface area (Å²) in [6.45, 7) is 4.03. The normalized spacial score (nSPS) is 11.0. The highest BCUT2D eigenvalue weighted by atomic mass is 16.5.